The van der Waals surface area contributed by atoms with Crippen LogP contribution in [-0.4, -0.2) is 22.4 Å². The quantitative estimate of drug-likeness (QED) is 0.174. The fourth-order valence-electron chi connectivity index (χ4n) is 5.17. The Morgan fingerprint density at radius 2 is 1.07 bits per heavy atom. The lowest BCUT2D eigenvalue weighted by molar-refractivity contribution is 1.18. The molecule has 6 heteroatoms. The molecule has 0 saturated carbocycles. The molecule has 0 amide bonds. The first-order chi connectivity index (χ1) is 22.3. The largest absolute Gasteiger partial charge is 0.369 e. The number of hydrogen-bond donors (Lipinski definition) is 1. The molecular weight excluding hydrogens is 549 g/mol. The smallest absolute Gasteiger partial charge is 0.293 e. The minimum Gasteiger partial charge on any atom is -0.369 e. The average Bonchev–Trinajstić information content (AvgIpc) is 3.13. The van der Waals surface area contributed by atoms with Crippen molar-refractivity contribution in [3.63, 3.8) is 0 Å². The van der Waals surface area contributed by atoms with Crippen molar-refractivity contribution in [3.05, 3.63) is 170 Å². The lowest BCUT2D eigenvalue weighted by atomic mass is 9.79. The molecule has 0 unspecified atom stereocenters. The van der Waals surface area contributed by atoms with E-state index in [1.165, 1.54) is 0 Å². The summed E-state index contributed by atoms with van der Waals surface area (Å²) in [6.45, 7) is 0. The average molecular weight is 579 g/mol. The summed E-state index contributed by atoms with van der Waals surface area (Å²) in [5.74, 6) is 1.47. The molecular formula is C39H29BN5. The van der Waals surface area contributed by atoms with Crippen LogP contribution in [0, 0.1) is 0 Å². The van der Waals surface area contributed by atoms with Crippen LogP contribution in [0.2, 0.25) is 0 Å². The summed E-state index contributed by atoms with van der Waals surface area (Å²) in [6.07, 6.45) is 1.82. The molecule has 45 heavy (non-hydrogen) atoms. The molecule has 2 aromatic heterocycles. The van der Waals surface area contributed by atoms with Gasteiger partial charge >= 0.3 is 0 Å². The van der Waals surface area contributed by atoms with Gasteiger partial charge in [-0.25, -0.2) is 15.0 Å². The zero-order chi connectivity index (χ0) is 30.3. The second-order valence-corrected chi connectivity index (χ2v) is 10.5. The van der Waals surface area contributed by atoms with Gasteiger partial charge in [0.2, 0.25) is 0 Å². The van der Waals surface area contributed by atoms with Crippen LogP contribution in [0.3, 0.4) is 0 Å². The number of anilines is 4. The standard InChI is InChI=1S/C39H29BN5/c1-5-14-29(15-6-1)36-28-37(30-16-7-2-8-17-30)44-38(43-36)31-23-25-33(26-24-31)42-35-22-13-27-41-39(35)45(34-20-11-4-12-21-34)40-32-18-9-3-10-19-32/h1-28,42H. The van der Waals surface area contributed by atoms with Crippen molar-refractivity contribution in [1.29, 1.82) is 0 Å². The molecule has 0 aliphatic heterocycles. The van der Waals surface area contributed by atoms with Crippen LogP contribution in [0.25, 0.3) is 33.9 Å². The van der Waals surface area contributed by atoms with Gasteiger partial charge in [-0.2, -0.15) is 0 Å². The van der Waals surface area contributed by atoms with Gasteiger partial charge in [-0.1, -0.05) is 115 Å². The van der Waals surface area contributed by atoms with Gasteiger partial charge in [0.1, 0.15) is 5.82 Å². The monoisotopic (exact) mass is 578 g/mol. The molecule has 7 aromatic rings. The molecule has 2 heterocycles. The number of nitrogens with one attached hydrogen (secondary N) is 1. The molecule has 5 aromatic carbocycles. The Bertz CT molecular complexity index is 1930. The predicted octanol–water partition coefficient (Wildman–Crippen LogP) is 8.70. The Balaban J connectivity index is 1.21. The van der Waals surface area contributed by atoms with E-state index in [0.717, 1.165) is 56.4 Å². The molecule has 0 aliphatic carbocycles. The van der Waals surface area contributed by atoms with Crippen LogP contribution >= 0.6 is 0 Å². The van der Waals surface area contributed by atoms with Gasteiger partial charge in [0, 0.05) is 34.3 Å². The highest BCUT2D eigenvalue weighted by molar-refractivity contribution is 6.59. The third-order valence-electron chi connectivity index (χ3n) is 7.41. The first-order valence-electron chi connectivity index (χ1n) is 14.9. The maximum atomic E-state index is 4.97. The number of aromatic nitrogens is 3. The van der Waals surface area contributed by atoms with E-state index in [9.17, 15) is 0 Å². The van der Waals surface area contributed by atoms with E-state index in [1.807, 2.05) is 91.1 Å². The van der Waals surface area contributed by atoms with E-state index in [0.29, 0.717) is 5.82 Å². The number of pyridine rings is 1. The number of nitrogens with zero attached hydrogens (tertiary/aromatic N) is 4. The molecule has 0 bridgehead atoms. The minimum atomic E-state index is 0.677. The third kappa shape index (κ3) is 6.50. The number of rotatable bonds is 9. The van der Waals surface area contributed by atoms with E-state index in [2.05, 4.69) is 96.4 Å². The molecule has 5 nitrogen and oxygen atoms in total. The van der Waals surface area contributed by atoms with Crippen LogP contribution < -0.4 is 15.6 Å². The molecule has 0 spiro atoms. The second kappa shape index (κ2) is 13.1. The molecule has 0 aliphatic rings. The van der Waals surface area contributed by atoms with Gasteiger partial charge < -0.3 is 10.1 Å². The Morgan fingerprint density at radius 3 is 1.67 bits per heavy atom. The molecule has 0 fully saturated rings. The van der Waals surface area contributed by atoms with Crippen molar-refractivity contribution in [2.45, 2.75) is 0 Å². The summed E-state index contributed by atoms with van der Waals surface area (Å²) < 4.78 is 0. The molecule has 1 N–H and O–H groups in total. The first kappa shape index (κ1) is 27.8. The molecule has 213 valence electrons. The zero-order valence-corrected chi connectivity index (χ0v) is 24.5. The van der Waals surface area contributed by atoms with Gasteiger partial charge in [0.25, 0.3) is 7.41 Å². The topological polar surface area (TPSA) is 53.9 Å². The number of hydrogen-bond acceptors (Lipinski definition) is 5. The molecule has 7 rings (SSSR count). The fraction of sp³-hybridized carbons (Fsp3) is 0. The minimum absolute atomic E-state index is 0.677. The summed E-state index contributed by atoms with van der Waals surface area (Å²) in [5.41, 5.74) is 8.73. The first-order valence-corrected chi connectivity index (χ1v) is 14.9. The SMILES string of the molecule is [B](c1ccccc1)N(c1ccccc1)c1ncccc1Nc1ccc(-c2nc(-c3ccccc3)cc(-c3ccccc3)n2)cc1. The van der Waals surface area contributed by atoms with E-state index >= 15 is 0 Å². The van der Waals surface area contributed by atoms with Crippen LogP contribution in [0.1, 0.15) is 0 Å². The van der Waals surface area contributed by atoms with E-state index in [1.54, 1.807) is 0 Å². The van der Waals surface area contributed by atoms with Crippen LogP contribution in [-0.2, 0) is 0 Å². The van der Waals surface area contributed by atoms with Crippen molar-refractivity contribution in [2.75, 3.05) is 10.1 Å². The van der Waals surface area contributed by atoms with Gasteiger partial charge in [-0.05, 0) is 54.6 Å². The Morgan fingerprint density at radius 1 is 0.511 bits per heavy atom. The van der Waals surface area contributed by atoms with Crippen molar-refractivity contribution < 1.29 is 0 Å². The summed E-state index contributed by atoms with van der Waals surface area (Å²) >= 11 is 0. The lowest BCUT2D eigenvalue weighted by Crippen LogP contribution is -2.33. The van der Waals surface area contributed by atoms with Crippen molar-refractivity contribution >= 4 is 35.8 Å². The maximum Gasteiger partial charge on any atom is 0.293 e. The molecule has 0 atom stereocenters. The Labute approximate surface area is 264 Å². The molecule has 1 radical (unpaired) electrons. The third-order valence-corrected chi connectivity index (χ3v) is 7.41. The van der Waals surface area contributed by atoms with Gasteiger partial charge in [-0.3, -0.25) is 0 Å². The Hall–Kier alpha value is -6.01. The maximum absolute atomic E-state index is 4.97. The van der Waals surface area contributed by atoms with Crippen LogP contribution in [0.15, 0.2) is 170 Å². The highest BCUT2D eigenvalue weighted by Crippen LogP contribution is 2.32. The van der Waals surface area contributed by atoms with Gasteiger partial charge in [0.05, 0.1) is 17.1 Å². The predicted molar refractivity (Wildman–Crippen MR) is 186 cm³/mol. The summed E-state index contributed by atoms with van der Waals surface area (Å²) in [7, 11) is 2.10. The number of benzene rings is 5. The summed E-state index contributed by atoms with van der Waals surface area (Å²) in [5, 5.41) is 3.60. The summed E-state index contributed by atoms with van der Waals surface area (Å²) in [6, 6.07) is 55.3. The van der Waals surface area contributed by atoms with Crippen LogP contribution in [0.5, 0.6) is 0 Å². The van der Waals surface area contributed by atoms with E-state index < -0.39 is 0 Å². The van der Waals surface area contributed by atoms with Gasteiger partial charge in [-0.15, -0.1) is 0 Å². The zero-order valence-electron chi connectivity index (χ0n) is 24.5. The highest BCUT2D eigenvalue weighted by Gasteiger charge is 2.17. The van der Waals surface area contributed by atoms with E-state index in [-0.39, 0.29) is 0 Å². The van der Waals surface area contributed by atoms with E-state index in [4.69, 9.17) is 15.0 Å². The van der Waals surface area contributed by atoms with Crippen molar-refractivity contribution in [1.82, 2.24) is 15.0 Å². The Kier molecular flexibility index (Phi) is 8.10. The van der Waals surface area contributed by atoms with Crippen LogP contribution in [0.4, 0.5) is 22.9 Å². The van der Waals surface area contributed by atoms with Crippen molar-refractivity contribution in [2.24, 2.45) is 0 Å². The highest BCUT2D eigenvalue weighted by atomic mass is 15.2. The normalized spacial score (nSPS) is 10.7. The molecule has 0 saturated heterocycles. The van der Waals surface area contributed by atoms with Crippen molar-refractivity contribution in [3.8, 4) is 33.9 Å². The fourth-order valence-corrected chi connectivity index (χ4v) is 5.17. The lowest BCUT2D eigenvalue weighted by Gasteiger charge is -2.26. The number of para-hydroxylation sites is 1. The summed E-state index contributed by atoms with van der Waals surface area (Å²) in [4.78, 5) is 16.9. The van der Waals surface area contributed by atoms with Gasteiger partial charge in [0.15, 0.2) is 5.82 Å². The second-order valence-electron chi connectivity index (χ2n) is 10.5.